The number of amides is 2. The van der Waals surface area contributed by atoms with Crippen LogP contribution in [0.2, 0.25) is 0 Å². The summed E-state index contributed by atoms with van der Waals surface area (Å²) in [5.74, 6) is 0. The molecule has 1 aliphatic carbocycles. The van der Waals surface area contributed by atoms with Crippen molar-refractivity contribution in [3.05, 3.63) is 29.8 Å². The molecule has 3 rings (SSSR count). The van der Waals surface area contributed by atoms with E-state index in [1.165, 1.54) is 0 Å². The number of carbonyl (C=O) groups excluding carboxylic acids is 1. The number of aliphatic hydroxyl groups excluding tert-OH is 1. The Kier molecular flexibility index (Phi) is 5.38. The van der Waals surface area contributed by atoms with Crippen molar-refractivity contribution in [2.75, 3.05) is 18.5 Å². The minimum Gasteiger partial charge on any atom is -0.396 e. The molecule has 0 spiro atoms. The normalized spacial score (nSPS) is 23.3. The van der Waals surface area contributed by atoms with Gasteiger partial charge in [-0.25, -0.2) is 4.79 Å². The summed E-state index contributed by atoms with van der Waals surface area (Å²) in [6.07, 6.45) is 4.86. The second kappa shape index (κ2) is 7.51. The highest BCUT2D eigenvalue weighted by molar-refractivity contribution is 5.89. The molecule has 2 fully saturated rings. The van der Waals surface area contributed by atoms with Crippen LogP contribution in [0.25, 0.3) is 0 Å². The molecule has 6 heteroatoms. The van der Waals surface area contributed by atoms with E-state index >= 15 is 0 Å². The summed E-state index contributed by atoms with van der Waals surface area (Å²) in [4.78, 5) is 12.5. The predicted octanol–water partition coefficient (Wildman–Crippen LogP) is 1.98. The van der Waals surface area contributed by atoms with E-state index < -0.39 is 0 Å². The lowest BCUT2D eigenvalue weighted by Gasteiger charge is -2.48. The van der Waals surface area contributed by atoms with Crippen LogP contribution in [0.4, 0.5) is 10.5 Å². The Hall–Kier alpha value is -1.63. The summed E-state index contributed by atoms with van der Waals surface area (Å²) in [7, 11) is 0. The zero-order valence-corrected chi connectivity index (χ0v) is 14.0. The SMILES string of the molecule is NCc1cccc(NC(=O)NC(C2CCCO2)C2(CO)CCC2)c1. The Bertz CT molecular complexity index is 563. The molecule has 1 aromatic rings. The van der Waals surface area contributed by atoms with Gasteiger partial charge < -0.3 is 26.2 Å². The minimum atomic E-state index is -0.260. The van der Waals surface area contributed by atoms with Gasteiger partial charge in [-0.2, -0.15) is 0 Å². The van der Waals surface area contributed by atoms with E-state index in [0.29, 0.717) is 12.2 Å². The van der Waals surface area contributed by atoms with Crippen molar-refractivity contribution in [2.45, 2.75) is 50.8 Å². The first-order chi connectivity index (χ1) is 11.7. The average Bonchev–Trinajstić information content (AvgIpc) is 3.07. The van der Waals surface area contributed by atoms with Crippen molar-refractivity contribution in [3.8, 4) is 0 Å². The van der Waals surface area contributed by atoms with Gasteiger partial charge in [-0.15, -0.1) is 0 Å². The zero-order valence-electron chi connectivity index (χ0n) is 14.0. The van der Waals surface area contributed by atoms with Crippen LogP contribution in [0.1, 0.15) is 37.7 Å². The molecule has 6 nitrogen and oxygen atoms in total. The number of hydrogen-bond donors (Lipinski definition) is 4. The molecular weight excluding hydrogens is 306 g/mol. The van der Waals surface area contributed by atoms with Gasteiger partial charge in [0.1, 0.15) is 0 Å². The van der Waals surface area contributed by atoms with Gasteiger partial charge in [0.25, 0.3) is 0 Å². The lowest BCUT2D eigenvalue weighted by atomic mass is 9.63. The third-order valence-corrected chi connectivity index (χ3v) is 5.37. The molecule has 132 valence electrons. The molecule has 0 aromatic heterocycles. The minimum absolute atomic E-state index is 0.0152. The molecule has 5 N–H and O–H groups in total. The number of rotatable bonds is 6. The van der Waals surface area contributed by atoms with Crippen LogP contribution >= 0.6 is 0 Å². The Balaban J connectivity index is 1.68. The van der Waals surface area contributed by atoms with E-state index in [4.69, 9.17) is 10.5 Å². The van der Waals surface area contributed by atoms with Crippen LogP contribution in [-0.2, 0) is 11.3 Å². The number of urea groups is 1. The van der Waals surface area contributed by atoms with Crippen molar-refractivity contribution in [1.82, 2.24) is 5.32 Å². The lowest BCUT2D eigenvalue weighted by Crippen LogP contribution is -2.59. The number of carbonyl (C=O) groups is 1. The van der Waals surface area contributed by atoms with Gasteiger partial charge in [0.15, 0.2) is 0 Å². The topological polar surface area (TPSA) is 96.6 Å². The van der Waals surface area contributed by atoms with Gasteiger partial charge in [-0.3, -0.25) is 0 Å². The fraction of sp³-hybridized carbons (Fsp3) is 0.611. The van der Waals surface area contributed by atoms with Crippen LogP contribution in [-0.4, -0.2) is 36.5 Å². The first-order valence-electron chi connectivity index (χ1n) is 8.76. The largest absolute Gasteiger partial charge is 0.396 e. The molecule has 0 radical (unpaired) electrons. The summed E-state index contributed by atoms with van der Waals surface area (Å²) in [5, 5.41) is 15.8. The van der Waals surface area contributed by atoms with Gasteiger partial charge in [0.2, 0.25) is 0 Å². The number of aliphatic hydroxyl groups is 1. The van der Waals surface area contributed by atoms with E-state index in [9.17, 15) is 9.90 Å². The molecule has 1 heterocycles. The van der Waals surface area contributed by atoms with Crippen LogP contribution in [0, 0.1) is 5.41 Å². The highest BCUT2D eigenvalue weighted by atomic mass is 16.5. The summed E-state index contributed by atoms with van der Waals surface area (Å²) in [6, 6.07) is 7.08. The third-order valence-electron chi connectivity index (χ3n) is 5.37. The molecule has 1 saturated carbocycles. The van der Waals surface area contributed by atoms with Gasteiger partial charge in [-0.05, 0) is 43.4 Å². The number of nitrogens with one attached hydrogen (secondary N) is 2. The Morgan fingerprint density at radius 2 is 2.25 bits per heavy atom. The standard InChI is InChI=1S/C18H27N3O3/c19-11-13-4-1-5-14(10-13)20-17(23)21-16(15-6-2-9-24-15)18(12-22)7-3-8-18/h1,4-5,10,15-16,22H,2-3,6-9,11-12,19H2,(H2,20,21,23). The number of benzene rings is 1. The maximum absolute atomic E-state index is 12.5. The molecule has 0 bridgehead atoms. The fourth-order valence-electron chi connectivity index (χ4n) is 3.79. The fourth-order valence-corrected chi connectivity index (χ4v) is 3.79. The molecule has 2 unspecified atom stereocenters. The highest BCUT2D eigenvalue weighted by Crippen LogP contribution is 2.46. The van der Waals surface area contributed by atoms with Crippen molar-refractivity contribution >= 4 is 11.7 Å². The van der Waals surface area contributed by atoms with Crippen molar-refractivity contribution in [2.24, 2.45) is 11.1 Å². The van der Waals surface area contributed by atoms with Crippen molar-refractivity contribution in [3.63, 3.8) is 0 Å². The Morgan fingerprint density at radius 3 is 2.83 bits per heavy atom. The van der Waals surface area contributed by atoms with Crippen LogP contribution in [0.3, 0.4) is 0 Å². The van der Waals surface area contributed by atoms with Gasteiger partial charge in [0, 0.05) is 24.3 Å². The molecule has 2 atom stereocenters. The molecule has 2 amide bonds. The van der Waals surface area contributed by atoms with Gasteiger partial charge >= 0.3 is 6.03 Å². The number of ether oxygens (including phenoxy) is 1. The molecule has 1 aromatic carbocycles. The monoisotopic (exact) mass is 333 g/mol. The first kappa shape index (κ1) is 17.2. The van der Waals surface area contributed by atoms with E-state index in [1.54, 1.807) is 0 Å². The average molecular weight is 333 g/mol. The number of hydrogen-bond acceptors (Lipinski definition) is 4. The summed E-state index contributed by atoms with van der Waals surface area (Å²) < 4.78 is 5.82. The molecule has 1 aliphatic heterocycles. The highest BCUT2D eigenvalue weighted by Gasteiger charge is 2.48. The summed E-state index contributed by atoms with van der Waals surface area (Å²) in [6.45, 7) is 1.24. The predicted molar refractivity (Wildman–Crippen MR) is 92.6 cm³/mol. The molecular formula is C18H27N3O3. The van der Waals surface area contributed by atoms with Crippen molar-refractivity contribution in [1.29, 1.82) is 0 Å². The third kappa shape index (κ3) is 3.55. The summed E-state index contributed by atoms with van der Waals surface area (Å²) >= 11 is 0. The second-order valence-corrected chi connectivity index (χ2v) is 6.91. The quantitative estimate of drug-likeness (QED) is 0.640. The van der Waals surface area contributed by atoms with Crippen LogP contribution in [0.5, 0.6) is 0 Å². The van der Waals surface area contributed by atoms with Gasteiger partial charge in [0.05, 0.1) is 18.8 Å². The Morgan fingerprint density at radius 1 is 1.42 bits per heavy atom. The number of anilines is 1. The van der Waals surface area contributed by atoms with Crippen LogP contribution < -0.4 is 16.4 Å². The van der Waals surface area contributed by atoms with Crippen LogP contribution in [0.15, 0.2) is 24.3 Å². The second-order valence-electron chi connectivity index (χ2n) is 6.91. The van der Waals surface area contributed by atoms with Gasteiger partial charge in [-0.1, -0.05) is 18.6 Å². The lowest BCUT2D eigenvalue weighted by molar-refractivity contribution is -0.0460. The van der Waals surface area contributed by atoms with E-state index in [1.807, 2.05) is 24.3 Å². The molecule has 24 heavy (non-hydrogen) atoms. The first-order valence-corrected chi connectivity index (χ1v) is 8.76. The number of nitrogens with two attached hydrogens (primary N) is 1. The van der Waals surface area contributed by atoms with E-state index in [2.05, 4.69) is 10.6 Å². The van der Waals surface area contributed by atoms with E-state index in [-0.39, 0.29) is 30.2 Å². The van der Waals surface area contributed by atoms with E-state index in [0.717, 1.165) is 44.3 Å². The molecule has 2 aliphatic rings. The summed E-state index contributed by atoms with van der Waals surface area (Å²) in [5.41, 5.74) is 7.08. The maximum atomic E-state index is 12.5. The van der Waals surface area contributed by atoms with Crippen molar-refractivity contribution < 1.29 is 14.6 Å². The molecule has 1 saturated heterocycles. The Labute approximate surface area is 142 Å². The zero-order chi connectivity index (χ0) is 17.0. The smallest absolute Gasteiger partial charge is 0.319 e. The maximum Gasteiger partial charge on any atom is 0.319 e.